The predicted molar refractivity (Wildman–Crippen MR) is 99.9 cm³/mol. The monoisotopic (exact) mass is 442 g/mol. The minimum absolute atomic E-state index is 0.142. The second-order valence-corrected chi connectivity index (χ2v) is 6.24. The maximum Gasteiger partial charge on any atom is 0.340 e. The zero-order chi connectivity index (χ0) is 19.3. The zero-order valence-electron chi connectivity index (χ0n) is 14.3. The van der Waals surface area contributed by atoms with Gasteiger partial charge in [0, 0.05) is 10.6 Å². The summed E-state index contributed by atoms with van der Waals surface area (Å²) in [5.74, 6) is -0.154. The number of esters is 1. The van der Waals surface area contributed by atoms with Gasteiger partial charge < -0.3 is 18.9 Å². The molecule has 0 fully saturated rings. The van der Waals surface area contributed by atoms with Gasteiger partial charge in [0.05, 0.1) is 31.4 Å². The number of Topliss-reactive ketones (excluding diaryl/α,β-unsaturated/α-hetero) is 1. The van der Waals surface area contributed by atoms with Crippen LogP contribution in [0.4, 0.5) is 0 Å². The van der Waals surface area contributed by atoms with Crippen molar-refractivity contribution < 1.29 is 28.5 Å². The SMILES string of the molecule is COc1cc(C(=O)OCC(=O)c2ccc(Cl)cc2)c(Br)c(OC)c1OC. The molecule has 0 amide bonds. The van der Waals surface area contributed by atoms with E-state index in [1.54, 1.807) is 24.3 Å². The fourth-order valence-corrected chi connectivity index (χ4v) is 2.94. The predicted octanol–water partition coefficient (Wildman–Crippen LogP) is 4.17. The Morgan fingerprint density at radius 2 is 1.62 bits per heavy atom. The molecule has 0 aliphatic rings. The van der Waals surface area contributed by atoms with Crippen LogP contribution in [0, 0.1) is 0 Å². The lowest BCUT2D eigenvalue weighted by atomic mass is 10.1. The minimum Gasteiger partial charge on any atom is -0.493 e. The molecular weight excluding hydrogens is 428 g/mol. The second kappa shape index (κ2) is 8.91. The van der Waals surface area contributed by atoms with Crippen molar-refractivity contribution in [3.05, 3.63) is 51.0 Å². The molecule has 0 saturated carbocycles. The van der Waals surface area contributed by atoms with Crippen molar-refractivity contribution in [3.63, 3.8) is 0 Å². The summed E-state index contributed by atoms with van der Waals surface area (Å²) in [4.78, 5) is 24.5. The topological polar surface area (TPSA) is 71.1 Å². The van der Waals surface area contributed by atoms with Crippen molar-refractivity contribution in [2.45, 2.75) is 0 Å². The number of halogens is 2. The van der Waals surface area contributed by atoms with E-state index in [0.717, 1.165) is 0 Å². The summed E-state index contributed by atoms with van der Waals surface area (Å²) in [6.07, 6.45) is 0. The first-order valence-electron chi connectivity index (χ1n) is 7.37. The van der Waals surface area contributed by atoms with Crippen molar-refractivity contribution in [1.29, 1.82) is 0 Å². The average molecular weight is 444 g/mol. The van der Waals surface area contributed by atoms with Gasteiger partial charge in [-0.1, -0.05) is 11.6 Å². The summed E-state index contributed by atoms with van der Waals surface area (Å²) in [6.45, 7) is -0.413. The normalized spacial score (nSPS) is 10.2. The van der Waals surface area contributed by atoms with E-state index in [-0.39, 0.29) is 17.1 Å². The maximum atomic E-state index is 12.4. The highest BCUT2D eigenvalue weighted by atomic mass is 79.9. The number of methoxy groups -OCH3 is 3. The average Bonchev–Trinajstić information content (AvgIpc) is 2.65. The number of carbonyl (C=O) groups is 2. The summed E-state index contributed by atoms with van der Waals surface area (Å²) in [5.41, 5.74) is 0.537. The number of benzene rings is 2. The molecule has 0 bridgehead atoms. The smallest absolute Gasteiger partial charge is 0.340 e. The molecule has 0 atom stereocenters. The fourth-order valence-electron chi connectivity index (χ4n) is 2.20. The number of ketones is 1. The summed E-state index contributed by atoms with van der Waals surface area (Å²) in [5, 5.41) is 0.514. The van der Waals surface area contributed by atoms with Gasteiger partial charge >= 0.3 is 5.97 Å². The highest BCUT2D eigenvalue weighted by molar-refractivity contribution is 9.10. The molecule has 6 nitrogen and oxygen atoms in total. The quantitative estimate of drug-likeness (QED) is 0.472. The van der Waals surface area contributed by atoms with Gasteiger partial charge in [-0.25, -0.2) is 4.79 Å². The van der Waals surface area contributed by atoms with Crippen LogP contribution in [0.15, 0.2) is 34.8 Å². The van der Waals surface area contributed by atoms with E-state index >= 15 is 0 Å². The van der Waals surface area contributed by atoms with E-state index in [9.17, 15) is 9.59 Å². The Bertz CT molecular complexity index is 819. The lowest BCUT2D eigenvalue weighted by Crippen LogP contribution is -2.15. The van der Waals surface area contributed by atoms with Crippen molar-refractivity contribution in [2.24, 2.45) is 0 Å². The number of rotatable bonds is 7. The molecule has 0 aromatic heterocycles. The Labute approximate surface area is 164 Å². The second-order valence-electron chi connectivity index (χ2n) is 5.01. The first kappa shape index (κ1) is 20.1. The summed E-state index contributed by atoms with van der Waals surface area (Å²) < 4.78 is 21.2. The molecular formula is C18H16BrClO6. The van der Waals surface area contributed by atoms with Gasteiger partial charge in [0.25, 0.3) is 0 Å². The van der Waals surface area contributed by atoms with Crippen molar-refractivity contribution in [3.8, 4) is 17.2 Å². The standard InChI is InChI=1S/C18H16BrClO6/c1-23-14-8-12(15(19)17(25-3)16(14)24-2)18(22)26-9-13(21)10-4-6-11(20)7-5-10/h4-8H,9H2,1-3H3. The van der Waals surface area contributed by atoms with Gasteiger partial charge in [-0.2, -0.15) is 0 Å². The number of hydrogen-bond donors (Lipinski definition) is 0. The van der Waals surface area contributed by atoms with Gasteiger partial charge in [-0.05, 0) is 46.3 Å². The highest BCUT2D eigenvalue weighted by Crippen LogP contribution is 2.44. The van der Waals surface area contributed by atoms with E-state index in [4.69, 9.17) is 30.5 Å². The lowest BCUT2D eigenvalue weighted by molar-refractivity contribution is 0.0473. The molecule has 0 heterocycles. The Hall–Kier alpha value is -2.25. The van der Waals surface area contributed by atoms with Crippen molar-refractivity contribution in [2.75, 3.05) is 27.9 Å². The fraction of sp³-hybridized carbons (Fsp3) is 0.222. The van der Waals surface area contributed by atoms with Crippen molar-refractivity contribution in [1.82, 2.24) is 0 Å². The Morgan fingerprint density at radius 1 is 1.00 bits per heavy atom. The molecule has 2 aromatic carbocycles. The van der Waals surface area contributed by atoms with E-state index in [1.807, 2.05) is 0 Å². The third-order valence-corrected chi connectivity index (χ3v) is 4.53. The first-order chi connectivity index (χ1) is 12.4. The van der Waals surface area contributed by atoms with E-state index in [0.29, 0.717) is 26.6 Å². The van der Waals surface area contributed by atoms with E-state index in [2.05, 4.69) is 15.9 Å². The molecule has 0 aliphatic heterocycles. The van der Waals surface area contributed by atoms with Crippen LogP contribution in [0.3, 0.4) is 0 Å². The molecule has 0 N–H and O–H groups in total. The van der Waals surface area contributed by atoms with Crippen LogP contribution in [0.2, 0.25) is 5.02 Å². The molecule has 2 aromatic rings. The third kappa shape index (κ3) is 4.28. The molecule has 0 unspecified atom stereocenters. The van der Waals surface area contributed by atoms with Gasteiger partial charge in [0.1, 0.15) is 0 Å². The number of hydrogen-bond acceptors (Lipinski definition) is 6. The minimum atomic E-state index is -0.710. The van der Waals surface area contributed by atoms with Gasteiger partial charge in [0.2, 0.25) is 5.75 Å². The molecule has 2 rings (SSSR count). The summed E-state index contributed by atoms with van der Waals surface area (Å²) in [6, 6.07) is 7.75. The number of carbonyl (C=O) groups excluding carboxylic acids is 2. The molecule has 0 spiro atoms. The Kier molecular flexibility index (Phi) is 6.88. The molecule has 8 heteroatoms. The largest absolute Gasteiger partial charge is 0.493 e. The molecule has 26 heavy (non-hydrogen) atoms. The lowest BCUT2D eigenvalue weighted by Gasteiger charge is -2.16. The van der Waals surface area contributed by atoms with Crippen LogP contribution in [0.5, 0.6) is 17.2 Å². The van der Waals surface area contributed by atoms with E-state index in [1.165, 1.54) is 27.4 Å². The number of ether oxygens (including phenoxy) is 4. The van der Waals surface area contributed by atoms with Crippen LogP contribution >= 0.6 is 27.5 Å². The van der Waals surface area contributed by atoms with Crippen LogP contribution in [-0.2, 0) is 4.74 Å². The van der Waals surface area contributed by atoms with Crippen LogP contribution in [-0.4, -0.2) is 39.7 Å². The van der Waals surface area contributed by atoms with Crippen LogP contribution in [0.1, 0.15) is 20.7 Å². The zero-order valence-corrected chi connectivity index (χ0v) is 16.6. The van der Waals surface area contributed by atoms with Crippen LogP contribution in [0.25, 0.3) is 0 Å². The van der Waals surface area contributed by atoms with Gasteiger partial charge in [-0.15, -0.1) is 0 Å². The Morgan fingerprint density at radius 3 is 2.15 bits per heavy atom. The maximum absolute atomic E-state index is 12.4. The third-order valence-electron chi connectivity index (χ3n) is 3.49. The Balaban J connectivity index is 2.21. The summed E-state index contributed by atoms with van der Waals surface area (Å²) in [7, 11) is 4.32. The molecule has 0 radical (unpaired) electrons. The summed E-state index contributed by atoms with van der Waals surface area (Å²) >= 11 is 9.08. The van der Waals surface area contributed by atoms with Gasteiger partial charge in [0.15, 0.2) is 23.9 Å². The van der Waals surface area contributed by atoms with Crippen LogP contribution < -0.4 is 14.2 Å². The van der Waals surface area contributed by atoms with E-state index < -0.39 is 12.6 Å². The highest BCUT2D eigenvalue weighted by Gasteiger charge is 2.24. The van der Waals surface area contributed by atoms with Crippen molar-refractivity contribution >= 4 is 39.3 Å². The molecule has 0 aliphatic carbocycles. The molecule has 138 valence electrons. The van der Waals surface area contributed by atoms with Gasteiger partial charge in [-0.3, -0.25) is 4.79 Å². The first-order valence-corrected chi connectivity index (χ1v) is 8.54. The molecule has 0 saturated heterocycles.